The van der Waals surface area contributed by atoms with Crippen molar-refractivity contribution in [3.05, 3.63) is 23.8 Å². The molecule has 2 N–H and O–H groups in total. The van der Waals surface area contributed by atoms with Gasteiger partial charge in [-0.3, -0.25) is 4.90 Å². The number of likely N-dealkylation sites (tertiary alicyclic amines) is 1. The first-order chi connectivity index (χ1) is 11.6. The topological polar surface area (TPSA) is 68.0 Å². The lowest BCUT2D eigenvalue weighted by atomic mass is 10.0. The number of hydrogen-bond acceptors (Lipinski definition) is 4. The predicted octanol–water partition coefficient (Wildman–Crippen LogP) is 2.21. The largest absolute Gasteiger partial charge is 0.497 e. The van der Waals surface area contributed by atoms with Gasteiger partial charge in [-0.25, -0.2) is 4.79 Å². The van der Waals surface area contributed by atoms with Crippen molar-refractivity contribution in [1.82, 2.24) is 9.80 Å². The van der Waals surface area contributed by atoms with Crippen LogP contribution < -0.4 is 15.2 Å². The summed E-state index contributed by atoms with van der Waals surface area (Å²) in [6.45, 7) is 2.33. The second-order valence-corrected chi connectivity index (χ2v) is 6.66. The zero-order valence-corrected chi connectivity index (χ0v) is 14.5. The maximum absolute atomic E-state index is 11.5. The summed E-state index contributed by atoms with van der Waals surface area (Å²) in [6, 6.07) is 6.63. The average Bonchev–Trinajstić information content (AvgIpc) is 3.44. The van der Waals surface area contributed by atoms with Crippen LogP contribution in [0.4, 0.5) is 4.79 Å². The maximum atomic E-state index is 11.5. The lowest BCUT2D eigenvalue weighted by Gasteiger charge is -2.39. The molecule has 6 heteroatoms. The fourth-order valence-corrected chi connectivity index (χ4v) is 3.57. The zero-order chi connectivity index (χ0) is 17.1. The van der Waals surface area contributed by atoms with Crippen molar-refractivity contribution in [2.45, 2.75) is 44.3 Å². The summed E-state index contributed by atoms with van der Waals surface area (Å²) in [7, 11) is 3.35. The first kappa shape index (κ1) is 16.9. The van der Waals surface area contributed by atoms with Gasteiger partial charge in [0.1, 0.15) is 11.5 Å². The lowest BCUT2D eigenvalue weighted by Crippen LogP contribution is -2.51. The van der Waals surface area contributed by atoms with Gasteiger partial charge in [0, 0.05) is 43.3 Å². The molecule has 0 aromatic heterocycles. The minimum atomic E-state index is -0.308. The molecule has 1 atom stereocenters. The number of rotatable bonds is 6. The van der Waals surface area contributed by atoms with Gasteiger partial charge in [-0.1, -0.05) is 6.07 Å². The number of primary amides is 1. The molecule has 0 bridgehead atoms. The van der Waals surface area contributed by atoms with E-state index in [0.717, 1.165) is 49.5 Å². The first-order valence-electron chi connectivity index (χ1n) is 8.63. The van der Waals surface area contributed by atoms with Crippen molar-refractivity contribution in [3.63, 3.8) is 0 Å². The third-order valence-corrected chi connectivity index (χ3v) is 5.04. The number of nitrogens with zero attached hydrogens (tertiary/aromatic N) is 2. The molecule has 3 rings (SSSR count). The molecule has 6 nitrogen and oxygen atoms in total. The molecule has 1 saturated heterocycles. The van der Waals surface area contributed by atoms with E-state index in [-0.39, 0.29) is 6.03 Å². The molecular weight excluding hydrogens is 306 g/mol. The fraction of sp³-hybridized carbons (Fsp3) is 0.611. The van der Waals surface area contributed by atoms with Crippen molar-refractivity contribution in [2.75, 3.05) is 27.3 Å². The SMILES string of the molecule is COc1ccc(CN(C2CC2)C2CCCN(C(N)=O)C2)c(OC)c1. The van der Waals surface area contributed by atoms with E-state index < -0.39 is 0 Å². The van der Waals surface area contributed by atoms with Crippen LogP contribution in [0.25, 0.3) is 0 Å². The monoisotopic (exact) mass is 333 g/mol. The predicted molar refractivity (Wildman–Crippen MR) is 92.3 cm³/mol. The van der Waals surface area contributed by atoms with Crippen LogP contribution in [0.3, 0.4) is 0 Å². The Bertz CT molecular complexity index is 589. The van der Waals surface area contributed by atoms with E-state index in [9.17, 15) is 4.79 Å². The molecule has 0 spiro atoms. The summed E-state index contributed by atoms with van der Waals surface area (Å²) in [6.07, 6.45) is 4.58. The molecule has 1 aliphatic heterocycles. The van der Waals surface area contributed by atoms with E-state index in [1.807, 2.05) is 12.1 Å². The highest BCUT2D eigenvalue weighted by molar-refractivity contribution is 5.72. The van der Waals surface area contributed by atoms with Crippen LogP contribution in [0.2, 0.25) is 0 Å². The first-order valence-corrected chi connectivity index (χ1v) is 8.63. The van der Waals surface area contributed by atoms with Crippen LogP contribution in [0.5, 0.6) is 11.5 Å². The molecule has 1 unspecified atom stereocenters. The Kier molecular flexibility index (Phi) is 5.14. The Hall–Kier alpha value is -1.95. The molecule has 2 amide bonds. The quantitative estimate of drug-likeness (QED) is 0.867. The van der Waals surface area contributed by atoms with Crippen LogP contribution in [0.15, 0.2) is 18.2 Å². The van der Waals surface area contributed by atoms with Gasteiger partial charge in [-0.15, -0.1) is 0 Å². The highest BCUT2D eigenvalue weighted by atomic mass is 16.5. The summed E-state index contributed by atoms with van der Waals surface area (Å²) in [5, 5.41) is 0. The summed E-state index contributed by atoms with van der Waals surface area (Å²) in [4.78, 5) is 15.8. The third kappa shape index (κ3) is 3.75. The molecule has 1 aromatic carbocycles. The van der Waals surface area contributed by atoms with E-state index >= 15 is 0 Å². The third-order valence-electron chi connectivity index (χ3n) is 5.04. The van der Waals surface area contributed by atoms with Gasteiger partial charge < -0.3 is 20.1 Å². The van der Waals surface area contributed by atoms with Crippen LogP contribution in [-0.4, -0.2) is 55.2 Å². The van der Waals surface area contributed by atoms with Gasteiger partial charge >= 0.3 is 6.03 Å². The number of piperidine rings is 1. The Balaban J connectivity index is 1.76. The van der Waals surface area contributed by atoms with Crippen molar-refractivity contribution in [1.29, 1.82) is 0 Å². The van der Waals surface area contributed by atoms with Crippen LogP contribution in [0, 0.1) is 0 Å². The minimum absolute atomic E-state index is 0.308. The number of carbonyl (C=O) groups excluding carboxylic acids is 1. The molecule has 2 aliphatic rings. The molecule has 1 saturated carbocycles. The van der Waals surface area contributed by atoms with Crippen LogP contribution in [-0.2, 0) is 6.54 Å². The van der Waals surface area contributed by atoms with Gasteiger partial charge in [0.15, 0.2) is 0 Å². The molecule has 1 heterocycles. The van der Waals surface area contributed by atoms with Crippen molar-refractivity contribution < 1.29 is 14.3 Å². The van der Waals surface area contributed by atoms with Gasteiger partial charge in [-0.05, 0) is 31.7 Å². The number of methoxy groups -OCH3 is 2. The highest BCUT2D eigenvalue weighted by Gasteiger charge is 2.36. The van der Waals surface area contributed by atoms with Crippen molar-refractivity contribution >= 4 is 6.03 Å². The molecule has 24 heavy (non-hydrogen) atoms. The molecule has 0 radical (unpaired) electrons. The Labute approximate surface area is 143 Å². The Morgan fingerprint density at radius 2 is 2.04 bits per heavy atom. The van der Waals surface area contributed by atoms with E-state index in [4.69, 9.17) is 15.2 Å². The summed E-state index contributed by atoms with van der Waals surface area (Å²) in [5.41, 5.74) is 6.64. The van der Waals surface area contributed by atoms with E-state index in [1.54, 1.807) is 19.1 Å². The average molecular weight is 333 g/mol. The molecule has 1 aliphatic carbocycles. The normalized spacial score (nSPS) is 21.0. The fourth-order valence-electron chi connectivity index (χ4n) is 3.57. The molecule has 2 fully saturated rings. The number of benzene rings is 1. The molecular formula is C18H27N3O3. The summed E-state index contributed by atoms with van der Waals surface area (Å²) >= 11 is 0. The van der Waals surface area contributed by atoms with Gasteiger partial charge in [0.25, 0.3) is 0 Å². The maximum Gasteiger partial charge on any atom is 0.314 e. The smallest absolute Gasteiger partial charge is 0.314 e. The number of hydrogen-bond donors (Lipinski definition) is 1. The van der Waals surface area contributed by atoms with E-state index in [0.29, 0.717) is 12.1 Å². The standard InChI is InChI=1S/C18H27N3O3/c1-23-16-8-5-13(17(10-16)24-2)11-21(14-6-7-14)15-4-3-9-20(12-15)18(19)22/h5,8,10,14-15H,3-4,6-7,9,11-12H2,1-2H3,(H2,19,22). The number of ether oxygens (including phenoxy) is 2. The molecule has 132 valence electrons. The minimum Gasteiger partial charge on any atom is -0.497 e. The van der Waals surface area contributed by atoms with E-state index in [2.05, 4.69) is 11.0 Å². The van der Waals surface area contributed by atoms with Gasteiger partial charge in [0.05, 0.1) is 14.2 Å². The van der Waals surface area contributed by atoms with Crippen LogP contribution in [0.1, 0.15) is 31.2 Å². The van der Waals surface area contributed by atoms with Crippen molar-refractivity contribution in [2.24, 2.45) is 5.73 Å². The second kappa shape index (κ2) is 7.30. The van der Waals surface area contributed by atoms with E-state index in [1.165, 1.54) is 12.8 Å². The van der Waals surface area contributed by atoms with Gasteiger partial charge in [0.2, 0.25) is 0 Å². The second-order valence-electron chi connectivity index (χ2n) is 6.66. The molecule has 1 aromatic rings. The summed E-state index contributed by atoms with van der Waals surface area (Å²) < 4.78 is 10.8. The zero-order valence-electron chi connectivity index (χ0n) is 14.5. The lowest BCUT2D eigenvalue weighted by molar-refractivity contribution is 0.0992. The van der Waals surface area contributed by atoms with Gasteiger partial charge in [-0.2, -0.15) is 0 Å². The number of urea groups is 1. The van der Waals surface area contributed by atoms with Crippen molar-refractivity contribution in [3.8, 4) is 11.5 Å². The highest BCUT2D eigenvalue weighted by Crippen LogP contribution is 2.35. The Morgan fingerprint density at radius 1 is 1.25 bits per heavy atom. The Morgan fingerprint density at radius 3 is 2.67 bits per heavy atom. The summed E-state index contributed by atoms with van der Waals surface area (Å²) in [5.74, 6) is 1.65. The number of amides is 2. The number of carbonyl (C=O) groups is 1. The van der Waals surface area contributed by atoms with Crippen LogP contribution >= 0.6 is 0 Å². The number of nitrogens with two attached hydrogens (primary N) is 1.